The second kappa shape index (κ2) is 8.69. The summed E-state index contributed by atoms with van der Waals surface area (Å²) in [7, 11) is 0. The van der Waals surface area contributed by atoms with Crippen LogP contribution in [0.5, 0.6) is 0 Å². The van der Waals surface area contributed by atoms with Gasteiger partial charge in [-0.2, -0.15) is 13.2 Å². The summed E-state index contributed by atoms with van der Waals surface area (Å²) in [6.45, 7) is 4.30. The van der Waals surface area contributed by atoms with Gasteiger partial charge in [-0.3, -0.25) is 4.79 Å². The molecule has 0 aromatic carbocycles. The maximum absolute atomic E-state index is 12.4. The second-order valence-electron chi connectivity index (χ2n) is 4.82. The Morgan fingerprint density at radius 1 is 1.36 bits per heavy atom. The van der Waals surface area contributed by atoms with E-state index in [-0.39, 0.29) is 37.8 Å². The fourth-order valence-corrected chi connectivity index (χ4v) is 2.78. The lowest BCUT2D eigenvalue weighted by molar-refractivity contribution is -0.140. The fraction of sp³-hybridized carbons (Fsp3) is 0.692. The number of aromatic nitrogens is 1. The number of carbonyl (C=O) groups is 1. The molecule has 0 spiro atoms. The van der Waals surface area contributed by atoms with E-state index in [0.717, 1.165) is 16.7 Å². The average molecular weight is 360 g/mol. The van der Waals surface area contributed by atoms with Gasteiger partial charge in [-0.15, -0.1) is 23.7 Å². The SMILES string of the molecule is CCC(CC)(CN)C(=O)NCCc1nc(C(F)(F)F)cs1.Cl. The summed E-state index contributed by atoms with van der Waals surface area (Å²) < 4.78 is 37.2. The van der Waals surface area contributed by atoms with Crippen LogP contribution in [0.4, 0.5) is 13.2 Å². The van der Waals surface area contributed by atoms with Gasteiger partial charge in [0, 0.05) is 24.9 Å². The summed E-state index contributed by atoms with van der Waals surface area (Å²) in [6, 6.07) is 0. The Bertz CT molecular complexity index is 467. The number of halogens is 4. The Morgan fingerprint density at radius 3 is 2.36 bits per heavy atom. The van der Waals surface area contributed by atoms with Crippen molar-refractivity contribution in [2.24, 2.45) is 11.1 Å². The van der Waals surface area contributed by atoms with Gasteiger partial charge in [0.2, 0.25) is 5.91 Å². The predicted octanol–water partition coefficient (Wildman–Crippen LogP) is 3.01. The molecule has 0 aliphatic rings. The number of alkyl halides is 3. The van der Waals surface area contributed by atoms with E-state index in [1.54, 1.807) is 0 Å². The first kappa shape index (κ1) is 21.1. The van der Waals surface area contributed by atoms with Crippen molar-refractivity contribution in [3.8, 4) is 0 Å². The second-order valence-corrected chi connectivity index (χ2v) is 5.76. The number of nitrogens with one attached hydrogen (secondary N) is 1. The molecule has 3 N–H and O–H groups in total. The molecular weight excluding hydrogens is 339 g/mol. The molecule has 1 rings (SSSR count). The smallest absolute Gasteiger partial charge is 0.355 e. The zero-order valence-corrected chi connectivity index (χ0v) is 14.1. The molecule has 1 heterocycles. The van der Waals surface area contributed by atoms with Crippen molar-refractivity contribution in [2.75, 3.05) is 13.1 Å². The third kappa shape index (κ3) is 5.10. The van der Waals surface area contributed by atoms with Crippen molar-refractivity contribution in [3.05, 3.63) is 16.1 Å². The number of rotatable bonds is 7. The van der Waals surface area contributed by atoms with E-state index in [9.17, 15) is 18.0 Å². The van der Waals surface area contributed by atoms with Crippen molar-refractivity contribution in [1.29, 1.82) is 0 Å². The normalized spacial score (nSPS) is 11.9. The van der Waals surface area contributed by atoms with E-state index in [1.165, 1.54) is 0 Å². The van der Waals surface area contributed by atoms with E-state index in [4.69, 9.17) is 5.73 Å². The van der Waals surface area contributed by atoms with Crippen molar-refractivity contribution in [3.63, 3.8) is 0 Å². The number of amides is 1. The highest BCUT2D eigenvalue weighted by molar-refractivity contribution is 7.09. The monoisotopic (exact) mass is 359 g/mol. The summed E-state index contributed by atoms with van der Waals surface area (Å²) >= 11 is 0.946. The molecule has 9 heteroatoms. The van der Waals surface area contributed by atoms with Gasteiger partial charge in [0.25, 0.3) is 0 Å². The highest BCUT2D eigenvalue weighted by Gasteiger charge is 2.34. The molecule has 0 radical (unpaired) electrons. The lowest BCUT2D eigenvalue weighted by atomic mass is 9.81. The van der Waals surface area contributed by atoms with E-state index in [0.29, 0.717) is 17.8 Å². The van der Waals surface area contributed by atoms with E-state index >= 15 is 0 Å². The molecule has 0 bridgehead atoms. The van der Waals surface area contributed by atoms with Crippen LogP contribution in [0, 0.1) is 5.41 Å². The maximum Gasteiger partial charge on any atom is 0.434 e. The van der Waals surface area contributed by atoms with Crippen LogP contribution in [-0.4, -0.2) is 24.0 Å². The van der Waals surface area contributed by atoms with E-state index in [1.807, 2.05) is 13.8 Å². The molecule has 0 saturated carbocycles. The Balaban J connectivity index is 0.00000441. The van der Waals surface area contributed by atoms with Crippen molar-refractivity contribution in [1.82, 2.24) is 10.3 Å². The Morgan fingerprint density at radius 2 is 1.95 bits per heavy atom. The van der Waals surface area contributed by atoms with Gasteiger partial charge in [-0.05, 0) is 12.8 Å². The number of hydrogen-bond donors (Lipinski definition) is 2. The molecule has 0 unspecified atom stereocenters. The van der Waals surface area contributed by atoms with Crippen molar-refractivity contribution < 1.29 is 18.0 Å². The topological polar surface area (TPSA) is 68.0 Å². The fourth-order valence-electron chi connectivity index (χ4n) is 1.98. The maximum atomic E-state index is 12.4. The largest absolute Gasteiger partial charge is 0.434 e. The molecule has 0 aliphatic heterocycles. The molecule has 128 valence electrons. The van der Waals surface area contributed by atoms with Crippen molar-refractivity contribution in [2.45, 2.75) is 39.3 Å². The van der Waals surface area contributed by atoms with Gasteiger partial charge < -0.3 is 11.1 Å². The minimum atomic E-state index is -4.42. The van der Waals surface area contributed by atoms with Crippen LogP contribution in [0.2, 0.25) is 0 Å². The number of thiazole rings is 1. The van der Waals surface area contributed by atoms with Crippen LogP contribution >= 0.6 is 23.7 Å². The molecule has 4 nitrogen and oxygen atoms in total. The first-order valence-corrected chi connectivity index (χ1v) is 7.67. The molecule has 0 aliphatic carbocycles. The Labute approximate surface area is 138 Å². The summed E-state index contributed by atoms with van der Waals surface area (Å²) in [5, 5.41) is 4.08. The quantitative estimate of drug-likeness (QED) is 0.786. The minimum absolute atomic E-state index is 0. The number of nitrogens with zero attached hydrogens (tertiary/aromatic N) is 1. The van der Waals surface area contributed by atoms with Crippen LogP contribution < -0.4 is 11.1 Å². The lowest BCUT2D eigenvalue weighted by Crippen LogP contribution is -2.45. The molecular formula is C13H21ClF3N3OS. The van der Waals surface area contributed by atoms with E-state index in [2.05, 4.69) is 10.3 Å². The molecule has 0 atom stereocenters. The number of carbonyl (C=O) groups excluding carboxylic acids is 1. The Hall–Kier alpha value is -0.860. The van der Waals surface area contributed by atoms with Gasteiger partial charge in [-0.25, -0.2) is 4.98 Å². The summed E-state index contributed by atoms with van der Waals surface area (Å²) in [4.78, 5) is 15.6. The molecule has 1 aromatic rings. The number of nitrogens with two attached hydrogens (primary N) is 1. The van der Waals surface area contributed by atoms with Crippen molar-refractivity contribution >= 4 is 29.7 Å². The molecule has 22 heavy (non-hydrogen) atoms. The first-order chi connectivity index (χ1) is 9.79. The summed E-state index contributed by atoms with van der Waals surface area (Å²) in [6.07, 6.45) is -2.89. The Kier molecular flexibility index (Phi) is 8.35. The van der Waals surface area contributed by atoms with Crippen LogP contribution in [-0.2, 0) is 17.4 Å². The summed E-state index contributed by atoms with van der Waals surface area (Å²) in [5.41, 5.74) is 4.19. The highest BCUT2D eigenvalue weighted by atomic mass is 35.5. The zero-order chi connectivity index (χ0) is 16.1. The standard InChI is InChI=1S/C13H20F3N3OS.ClH/c1-3-12(4-2,8-17)11(20)18-6-5-10-19-9(7-21-10)13(14,15)16;/h7H,3-6,8,17H2,1-2H3,(H,18,20);1H. The first-order valence-electron chi connectivity index (χ1n) is 6.79. The van der Waals surface area contributed by atoms with Crippen LogP contribution in [0.1, 0.15) is 37.4 Å². The molecule has 1 amide bonds. The zero-order valence-electron chi connectivity index (χ0n) is 12.5. The van der Waals surface area contributed by atoms with Gasteiger partial charge in [0.05, 0.1) is 10.4 Å². The molecule has 0 fully saturated rings. The van der Waals surface area contributed by atoms with Crippen LogP contribution in [0.15, 0.2) is 5.38 Å². The van der Waals surface area contributed by atoms with Gasteiger partial charge in [0.1, 0.15) is 0 Å². The highest BCUT2D eigenvalue weighted by Crippen LogP contribution is 2.30. The van der Waals surface area contributed by atoms with Gasteiger partial charge >= 0.3 is 6.18 Å². The van der Waals surface area contributed by atoms with Crippen LogP contribution in [0.3, 0.4) is 0 Å². The average Bonchev–Trinajstić information content (AvgIpc) is 2.90. The molecule has 1 aromatic heterocycles. The third-order valence-corrected chi connectivity index (χ3v) is 4.60. The van der Waals surface area contributed by atoms with Gasteiger partial charge in [0.15, 0.2) is 5.69 Å². The van der Waals surface area contributed by atoms with Crippen LogP contribution in [0.25, 0.3) is 0 Å². The summed E-state index contributed by atoms with van der Waals surface area (Å²) in [5.74, 6) is -0.150. The third-order valence-electron chi connectivity index (χ3n) is 3.69. The number of hydrogen-bond acceptors (Lipinski definition) is 4. The molecule has 0 saturated heterocycles. The van der Waals surface area contributed by atoms with Gasteiger partial charge in [-0.1, -0.05) is 13.8 Å². The minimum Gasteiger partial charge on any atom is -0.355 e. The predicted molar refractivity (Wildman–Crippen MR) is 83.1 cm³/mol. The lowest BCUT2D eigenvalue weighted by Gasteiger charge is -2.28. The van der Waals surface area contributed by atoms with E-state index < -0.39 is 17.3 Å².